The minimum absolute atomic E-state index is 0. The van der Waals surface area contributed by atoms with Crippen LogP contribution >= 0.6 is 24.6 Å². The van der Waals surface area contributed by atoms with Crippen LogP contribution in [0.15, 0.2) is 0 Å². The Morgan fingerprint density at radius 2 is 2.17 bits per heavy atom. The fourth-order valence-electron chi connectivity index (χ4n) is 1.36. The van der Waals surface area contributed by atoms with Crippen LogP contribution in [0.4, 0.5) is 0 Å². The van der Waals surface area contributed by atoms with Crippen molar-refractivity contribution in [1.29, 1.82) is 0 Å². The van der Waals surface area contributed by atoms with Crippen LogP contribution in [0.5, 0.6) is 0 Å². The monoisotopic (exact) mass is 209 g/mol. The Balaban J connectivity index is 0.00000121. The Labute approximate surface area is 85.3 Å². The average molecular weight is 210 g/mol. The van der Waals surface area contributed by atoms with Gasteiger partial charge in [-0.25, -0.2) is 0 Å². The topological polar surface area (TPSA) is 32.5 Å². The molecule has 0 bridgehead atoms. The van der Waals surface area contributed by atoms with Gasteiger partial charge in [0, 0.05) is 19.1 Å². The summed E-state index contributed by atoms with van der Waals surface area (Å²) in [7, 11) is 4.18. The number of hydrogen-bond acceptors (Lipinski definition) is 2. The molecule has 1 heterocycles. The summed E-state index contributed by atoms with van der Waals surface area (Å²) in [6.07, 6.45) is 1.17. The van der Waals surface area contributed by atoms with Crippen molar-refractivity contribution in [1.82, 2.24) is 9.80 Å². The molecule has 3 nitrogen and oxygen atoms in total. The number of likely N-dealkylation sites (tertiary alicyclic amines) is 1. The largest absolute Gasteiger partial charge is 0.376 e. The normalized spacial score (nSPS) is 22.6. The lowest BCUT2D eigenvalue weighted by Gasteiger charge is -2.20. The number of likely N-dealkylation sites (N-methyl/N-ethyl adjacent to an activating group) is 1. The van der Waals surface area contributed by atoms with E-state index in [4.69, 9.17) is 18.0 Å². The molecule has 1 saturated heterocycles. The quantitative estimate of drug-likeness (QED) is 0.630. The van der Waals surface area contributed by atoms with Crippen molar-refractivity contribution in [3.05, 3.63) is 0 Å². The molecule has 0 aromatic heterocycles. The van der Waals surface area contributed by atoms with Crippen LogP contribution < -0.4 is 5.73 Å². The van der Waals surface area contributed by atoms with E-state index in [1.54, 1.807) is 0 Å². The average Bonchev–Trinajstić information content (AvgIpc) is 2.33. The molecule has 5 heteroatoms. The zero-order valence-corrected chi connectivity index (χ0v) is 9.12. The molecule has 0 spiro atoms. The van der Waals surface area contributed by atoms with Gasteiger partial charge in [-0.1, -0.05) is 0 Å². The number of thiocarbonyl (C=S) groups is 1. The maximum Gasteiger partial charge on any atom is 0.166 e. The van der Waals surface area contributed by atoms with Gasteiger partial charge >= 0.3 is 0 Å². The van der Waals surface area contributed by atoms with Crippen molar-refractivity contribution in [2.45, 2.75) is 12.5 Å². The van der Waals surface area contributed by atoms with E-state index in [2.05, 4.69) is 23.9 Å². The van der Waals surface area contributed by atoms with E-state index in [9.17, 15) is 0 Å². The molecule has 0 aliphatic carbocycles. The maximum atomic E-state index is 5.50. The zero-order valence-electron chi connectivity index (χ0n) is 7.49. The standard InChI is InChI=1S/C7H15N3S.ClH/c1-9(2)6-3-4-10(5-6)7(8)11;/h6H,3-5H2,1-2H3,(H2,8,11);1H. The fourth-order valence-corrected chi connectivity index (χ4v) is 1.53. The summed E-state index contributed by atoms with van der Waals surface area (Å²) in [5, 5.41) is 0.536. The van der Waals surface area contributed by atoms with E-state index in [1.165, 1.54) is 6.42 Å². The molecular formula is C7H16ClN3S. The SMILES string of the molecule is CN(C)C1CCN(C(N)=S)C1.Cl. The van der Waals surface area contributed by atoms with Gasteiger partial charge in [-0.3, -0.25) is 0 Å². The number of nitrogens with zero attached hydrogens (tertiary/aromatic N) is 2. The van der Waals surface area contributed by atoms with Crippen molar-refractivity contribution in [2.75, 3.05) is 27.2 Å². The molecule has 12 heavy (non-hydrogen) atoms. The highest BCUT2D eigenvalue weighted by molar-refractivity contribution is 7.80. The minimum Gasteiger partial charge on any atom is -0.376 e. The molecule has 1 fully saturated rings. The smallest absolute Gasteiger partial charge is 0.166 e. The van der Waals surface area contributed by atoms with Crippen LogP contribution in [0.3, 0.4) is 0 Å². The lowest BCUT2D eigenvalue weighted by atomic mass is 10.2. The third-order valence-corrected chi connectivity index (χ3v) is 2.46. The minimum atomic E-state index is 0. The Bertz CT molecular complexity index is 163. The van der Waals surface area contributed by atoms with Crippen LogP contribution in [0.1, 0.15) is 6.42 Å². The Morgan fingerprint density at radius 1 is 1.58 bits per heavy atom. The first-order valence-corrected chi connectivity index (χ1v) is 4.23. The second-order valence-electron chi connectivity index (χ2n) is 3.19. The van der Waals surface area contributed by atoms with Gasteiger partial charge in [-0.05, 0) is 32.7 Å². The fraction of sp³-hybridized carbons (Fsp3) is 0.857. The zero-order chi connectivity index (χ0) is 8.43. The van der Waals surface area contributed by atoms with Crippen LogP contribution in [-0.2, 0) is 0 Å². The molecule has 0 amide bonds. The van der Waals surface area contributed by atoms with Gasteiger partial charge in [0.05, 0.1) is 0 Å². The summed E-state index contributed by atoms with van der Waals surface area (Å²) in [6, 6.07) is 0.622. The lowest BCUT2D eigenvalue weighted by Crippen LogP contribution is -2.37. The van der Waals surface area contributed by atoms with Gasteiger partial charge in [0.2, 0.25) is 0 Å². The van der Waals surface area contributed by atoms with Gasteiger partial charge in [0.1, 0.15) is 0 Å². The van der Waals surface area contributed by atoms with Crippen molar-refractivity contribution in [3.8, 4) is 0 Å². The summed E-state index contributed by atoms with van der Waals surface area (Å²) in [5.74, 6) is 0. The van der Waals surface area contributed by atoms with E-state index >= 15 is 0 Å². The number of rotatable bonds is 1. The summed E-state index contributed by atoms with van der Waals surface area (Å²) < 4.78 is 0. The van der Waals surface area contributed by atoms with Crippen LogP contribution in [0.2, 0.25) is 0 Å². The first kappa shape index (κ1) is 11.9. The second-order valence-corrected chi connectivity index (χ2v) is 3.61. The molecular weight excluding hydrogens is 194 g/mol. The molecule has 1 unspecified atom stereocenters. The van der Waals surface area contributed by atoms with Crippen LogP contribution in [0.25, 0.3) is 0 Å². The maximum absolute atomic E-state index is 5.50. The second kappa shape index (κ2) is 4.84. The predicted molar refractivity (Wildman–Crippen MR) is 57.7 cm³/mol. The third-order valence-electron chi connectivity index (χ3n) is 2.21. The highest BCUT2D eigenvalue weighted by Gasteiger charge is 2.23. The van der Waals surface area contributed by atoms with E-state index in [-0.39, 0.29) is 12.4 Å². The van der Waals surface area contributed by atoms with E-state index in [1.807, 2.05) is 0 Å². The molecule has 0 radical (unpaired) electrons. The summed E-state index contributed by atoms with van der Waals surface area (Å²) in [6.45, 7) is 2.00. The third kappa shape index (κ3) is 2.77. The lowest BCUT2D eigenvalue weighted by molar-refractivity contribution is 0.301. The highest BCUT2D eigenvalue weighted by Crippen LogP contribution is 2.12. The van der Waals surface area contributed by atoms with Crippen molar-refractivity contribution in [3.63, 3.8) is 0 Å². The Kier molecular flexibility index (Phi) is 4.82. The molecule has 0 aromatic carbocycles. The van der Waals surface area contributed by atoms with Gasteiger partial charge in [-0.15, -0.1) is 12.4 Å². The summed E-state index contributed by atoms with van der Waals surface area (Å²) in [4.78, 5) is 4.28. The molecule has 1 aliphatic rings. The van der Waals surface area contributed by atoms with Gasteiger partial charge in [-0.2, -0.15) is 0 Å². The molecule has 0 saturated carbocycles. The Morgan fingerprint density at radius 3 is 2.42 bits per heavy atom. The number of halogens is 1. The Hall–Kier alpha value is -0.0600. The van der Waals surface area contributed by atoms with E-state index in [0.29, 0.717) is 11.2 Å². The van der Waals surface area contributed by atoms with Crippen molar-refractivity contribution < 1.29 is 0 Å². The molecule has 1 atom stereocenters. The molecule has 1 rings (SSSR count). The molecule has 2 N–H and O–H groups in total. The first-order chi connectivity index (χ1) is 5.11. The van der Waals surface area contributed by atoms with Crippen LogP contribution in [-0.4, -0.2) is 48.1 Å². The molecule has 0 aromatic rings. The van der Waals surface area contributed by atoms with Gasteiger partial charge in [0.25, 0.3) is 0 Å². The highest BCUT2D eigenvalue weighted by atomic mass is 35.5. The predicted octanol–water partition coefficient (Wildman–Crippen LogP) is 0.288. The number of hydrogen-bond donors (Lipinski definition) is 1. The van der Waals surface area contributed by atoms with Gasteiger partial charge in [0.15, 0.2) is 5.11 Å². The molecule has 72 valence electrons. The van der Waals surface area contributed by atoms with Crippen molar-refractivity contribution in [2.24, 2.45) is 5.73 Å². The van der Waals surface area contributed by atoms with E-state index < -0.39 is 0 Å². The number of nitrogens with two attached hydrogens (primary N) is 1. The summed E-state index contributed by atoms with van der Waals surface area (Å²) >= 11 is 4.88. The van der Waals surface area contributed by atoms with E-state index in [0.717, 1.165) is 13.1 Å². The van der Waals surface area contributed by atoms with Gasteiger partial charge < -0.3 is 15.5 Å². The van der Waals surface area contributed by atoms with Crippen LogP contribution in [0, 0.1) is 0 Å². The first-order valence-electron chi connectivity index (χ1n) is 3.82. The van der Waals surface area contributed by atoms with Crippen molar-refractivity contribution >= 4 is 29.7 Å². The molecule has 1 aliphatic heterocycles. The summed E-state index contributed by atoms with van der Waals surface area (Å²) in [5.41, 5.74) is 5.50.